The molecule has 1 aliphatic heterocycles. The second-order valence-electron chi connectivity index (χ2n) is 4.78. The van der Waals surface area contributed by atoms with Crippen LogP contribution >= 0.6 is 0 Å². The minimum absolute atomic E-state index is 0.0859. The molecule has 0 aliphatic carbocycles. The van der Waals surface area contributed by atoms with Crippen molar-refractivity contribution in [3.8, 4) is 5.75 Å². The number of likely N-dealkylation sites (tertiary alicyclic amines) is 1. The van der Waals surface area contributed by atoms with E-state index in [4.69, 9.17) is 10.5 Å². The molecule has 0 saturated carbocycles. The molecule has 1 aliphatic rings. The topological polar surface area (TPSA) is 55.6 Å². The Morgan fingerprint density at radius 1 is 1.63 bits per heavy atom. The number of nitrogens with two attached hydrogens (primary N) is 1. The fraction of sp³-hybridized carbons (Fsp3) is 0.500. The number of hydrogen-bond donors (Lipinski definition) is 1. The van der Waals surface area contributed by atoms with E-state index in [0.29, 0.717) is 12.3 Å². The number of rotatable bonds is 4. The van der Waals surface area contributed by atoms with Crippen molar-refractivity contribution >= 4 is 5.91 Å². The molecule has 0 aromatic heterocycles. The SMILES string of the molecule is C[C@@H](Oc1cccc(F)c1)C(=O)N1CCC[C@H]1CN. The highest BCUT2D eigenvalue weighted by Gasteiger charge is 2.31. The first-order chi connectivity index (χ1) is 9.11. The van der Waals surface area contributed by atoms with Gasteiger partial charge in [0.2, 0.25) is 0 Å². The van der Waals surface area contributed by atoms with E-state index in [1.165, 1.54) is 12.1 Å². The molecule has 1 amide bonds. The van der Waals surface area contributed by atoms with Crippen molar-refractivity contribution in [2.24, 2.45) is 5.73 Å². The molecule has 1 aromatic carbocycles. The zero-order valence-corrected chi connectivity index (χ0v) is 11.0. The van der Waals surface area contributed by atoms with Crippen LogP contribution in [-0.4, -0.2) is 36.0 Å². The molecule has 1 saturated heterocycles. The molecule has 19 heavy (non-hydrogen) atoms. The first-order valence-corrected chi connectivity index (χ1v) is 6.54. The molecule has 2 N–H and O–H groups in total. The van der Waals surface area contributed by atoms with Gasteiger partial charge in [0, 0.05) is 25.2 Å². The lowest BCUT2D eigenvalue weighted by atomic mass is 10.2. The first kappa shape index (κ1) is 13.8. The van der Waals surface area contributed by atoms with Gasteiger partial charge in [-0.15, -0.1) is 0 Å². The van der Waals surface area contributed by atoms with E-state index in [-0.39, 0.29) is 17.8 Å². The summed E-state index contributed by atoms with van der Waals surface area (Å²) in [7, 11) is 0. The second-order valence-corrected chi connectivity index (χ2v) is 4.78. The van der Waals surface area contributed by atoms with Gasteiger partial charge in [-0.25, -0.2) is 4.39 Å². The summed E-state index contributed by atoms with van der Waals surface area (Å²) in [6, 6.07) is 5.90. The van der Waals surface area contributed by atoms with Crippen LogP contribution in [0.3, 0.4) is 0 Å². The molecule has 1 aromatic rings. The molecule has 0 radical (unpaired) electrons. The van der Waals surface area contributed by atoms with E-state index < -0.39 is 6.10 Å². The predicted octanol–water partition coefficient (Wildman–Crippen LogP) is 1.54. The summed E-state index contributed by atoms with van der Waals surface area (Å²) in [6.07, 6.45) is 1.28. The third-order valence-corrected chi connectivity index (χ3v) is 3.39. The summed E-state index contributed by atoms with van der Waals surface area (Å²) in [5, 5.41) is 0. The van der Waals surface area contributed by atoms with Gasteiger partial charge in [-0.2, -0.15) is 0 Å². The van der Waals surface area contributed by atoms with Crippen molar-refractivity contribution in [2.75, 3.05) is 13.1 Å². The molecule has 2 atom stereocenters. The highest BCUT2D eigenvalue weighted by Crippen LogP contribution is 2.20. The number of carbonyl (C=O) groups is 1. The highest BCUT2D eigenvalue weighted by atomic mass is 19.1. The van der Waals surface area contributed by atoms with Crippen molar-refractivity contribution in [2.45, 2.75) is 31.9 Å². The van der Waals surface area contributed by atoms with Crippen LogP contribution in [0.5, 0.6) is 5.75 Å². The quantitative estimate of drug-likeness (QED) is 0.899. The van der Waals surface area contributed by atoms with Crippen LogP contribution in [0.25, 0.3) is 0 Å². The summed E-state index contributed by atoms with van der Waals surface area (Å²) in [6.45, 7) is 2.87. The number of amides is 1. The highest BCUT2D eigenvalue weighted by molar-refractivity contribution is 5.81. The Kier molecular flexibility index (Phi) is 4.37. The Morgan fingerprint density at radius 3 is 3.11 bits per heavy atom. The number of ether oxygens (including phenoxy) is 1. The second kappa shape index (κ2) is 6.02. The Labute approximate surface area is 112 Å². The Morgan fingerprint density at radius 2 is 2.42 bits per heavy atom. The van der Waals surface area contributed by atoms with Crippen molar-refractivity contribution in [1.82, 2.24) is 4.90 Å². The number of benzene rings is 1. The summed E-state index contributed by atoms with van der Waals surface area (Å²) in [4.78, 5) is 14.0. The molecule has 0 spiro atoms. The van der Waals surface area contributed by atoms with Gasteiger partial charge in [0.15, 0.2) is 6.10 Å². The van der Waals surface area contributed by atoms with Crippen LogP contribution in [0.1, 0.15) is 19.8 Å². The lowest BCUT2D eigenvalue weighted by Crippen LogP contribution is -2.45. The standard InChI is InChI=1S/C14H19FN2O2/c1-10(19-13-6-2-4-11(15)8-13)14(18)17-7-3-5-12(17)9-16/h2,4,6,8,10,12H,3,5,7,9,16H2,1H3/t10-,12+/m1/s1. The minimum atomic E-state index is -0.631. The van der Waals surface area contributed by atoms with Crippen LogP contribution in [0.4, 0.5) is 4.39 Å². The van der Waals surface area contributed by atoms with Gasteiger partial charge in [0.1, 0.15) is 11.6 Å². The Balaban J connectivity index is 1.99. The summed E-state index contributed by atoms with van der Waals surface area (Å²) < 4.78 is 18.5. The average Bonchev–Trinajstić information content (AvgIpc) is 2.86. The van der Waals surface area contributed by atoms with Gasteiger partial charge in [-0.3, -0.25) is 4.79 Å². The number of nitrogens with zero attached hydrogens (tertiary/aromatic N) is 1. The molecule has 2 rings (SSSR count). The van der Waals surface area contributed by atoms with E-state index in [0.717, 1.165) is 19.4 Å². The van der Waals surface area contributed by atoms with Crippen molar-refractivity contribution in [3.05, 3.63) is 30.1 Å². The lowest BCUT2D eigenvalue weighted by Gasteiger charge is -2.26. The third-order valence-electron chi connectivity index (χ3n) is 3.39. The molecular formula is C14H19FN2O2. The first-order valence-electron chi connectivity index (χ1n) is 6.54. The monoisotopic (exact) mass is 266 g/mol. The number of hydrogen-bond acceptors (Lipinski definition) is 3. The zero-order valence-electron chi connectivity index (χ0n) is 11.0. The van der Waals surface area contributed by atoms with Crippen molar-refractivity contribution in [1.29, 1.82) is 0 Å². The van der Waals surface area contributed by atoms with E-state index in [9.17, 15) is 9.18 Å². The predicted molar refractivity (Wildman–Crippen MR) is 70.3 cm³/mol. The van der Waals surface area contributed by atoms with Gasteiger partial charge in [-0.1, -0.05) is 6.07 Å². The van der Waals surface area contributed by atoms with E-state index in [2.05, 4.69) is 0 Å². The van der Waals surface area contributed by atoms with Crippen LogP contribution in [0.15, 0.2) is 24.3 Å². The van der Waals surface area contributed by atoms with E-state index in [1.807, 2.05) is 0 Å². The molecular weight excluding hydrogens is 247 g/mol. The van der Waals surface area contributed by atoms with Gasteiger partial charge in [0.25, 0.3) is 5.91 Å². The third kappa shape index (κ3) is 3.23. The maximum atomic E-state index is 13.0. The normalized spacial score (nSPS) is 20.4. The fourth-order valence-corrected chi connectivity index (χ4v) is 2.40. The largest absolute Gasteiger partial charge is 0.481 e. The van der Waals surface area contributed by atoms with E-state index in [1.54, 1.807) is 24.0 Å². The molecule has 0 unspecified atom stereocenters. The maximum absolute atomic E-state index is 13.0. The molecule has 4 nitrogen and oxygen atoms in total. The number of halogens is 1. The molecule has 0 bridgehead atoms. The number of carbonyl (C=O) groups excluding carboxylic acids is 1. The van der Waals surface area contributed by atoms with Crippen molar-refractivity contribution < 1.29 is 13.9 Å². The molecule has 5 heteroatoms. The fourth-order valence-electron chi connectivity index (χ4n) is 2.40. The Hall–Kier alpha value is -1.62. The van der Waals surface area contributed by atoms with Gasteiger partial charge >= 0.3 is 0 Å². The molecule has 1 heterocycles. The smallest absolute Gasteiger partial charge is 0.263 e. The van der Waals surface area contributed by atoms with Gasteiger partial charge < -0.3 is 15.4 Å². The molecule has 1 fully saturated rings. The van der Waals surface area contributed by atoms with Crippen LogP contribution in [-0.2, 0) is 4.79 Å². The van der Waals surface area contributed by atoms with E-state index >= 15 is 0 Å². The van der Waals surface area contributed by atoms with Crippen LogP contribution in [0, 0.1) is 5.82 Å². The van der Waals surface area contributed by atoms with Crippen LogP contribution < -0.4 is 10.5 Å². The average molecular weight is 266 g/mol. The lowest BCUT2D eigenvalue weighted by molar-refractivity contribution is -0.138. The molecule has 104 valence electrons. The van der Waals surface area contributed by atoms with Crippen LogP contribution in [0.2, 0.25) is 0 Å². The maximum Gasteiger partial charge on any atom is 0.263 e. The summed E-state index contributed by atoms with van der Waals surface area (Å²) in [5.74, 6) is -0.0975. The van der Waals surface area contributed by atoms with Crippen molar-refractivity contribution in [3.63, 3.8) is 0 Å². The summed E-state index contributed by atoms with van der Waals surface area (Å²) in [5.41, 5.74) is 5.65. The zero-order chi connectivity index (χ0) is 13.8. The van der Waals surface area contributed by atoms with Gasteiger partial charge in [0.05, 0.1) is 0 Å². The minimum Gasteiger partial charge on any atom is -0.481 e. The van der Waals surface area contributed by atoms with Gasteiger partial charge in [-0.05, 0) is 31.9 Å². The Bertz CT molecular complexity index is 453. The summed E-state index contributed by atoms with van der Waals surface area (Å²) >= 11 is 0.